The van der Waals surface area contributed by atoms with Crippen LogP contribution in [-0.2, 0) is 11.2 Å². The van der Waals surface area contributed by atoms with Crippen LogP contribution in [0.3, 0.4) is 0 Å². The number of ketones is 1. The van der Waals surface area contributed by atoms with Crippen LogP contribution in [0.5, 0.6) is 0 Å². The van der Waals surface area contributed by atoms with Crippen molar-refractivity contribution in [3.63, 3.8) is 0 Å². The van der Waals surface area contributed by atoms with Crippen LogP contribution in [0.25, 0.3) is 10.2 Å². The Bertz CT molecular complexity index is 1150. The Balaban J connectivity index is 2.11. The summed E-state index contributed by atoms with van der Waals surface area (Å²) in [4.78, 5) is 30.1. The number of Topliss-reactive ketones (excluding diaryl/α,β-unsaturated/α-hetero) is 1. The van der Waals surface area contributed by atoms with Crippen molar-refractivity contribution in [2.75, 3.05) is 5.73 Å². The highest BCUT2D eigenvalue weighted by Gasteiger charge is 2.48. The molecule has 150 valence electrons. The van der Waals surface area contributed by atoms with Crippen LogP contribution in [0.15, 0.2) is 30.3 Å². The molecule has 0 bridgehead atoms. The quantitative estimate of drug-likeness (QED) is 0.614. The van der Waals surface area contributed by atoms with Crippen LogP contribution in [0.4, 0.5) is 5.69 Å². The summed E-state index contributed by atoms with van der Waals surface area (Å²) in [6, 6.07) is 9.67. The highest BCUT2D eigenvalue weighted by atomic mass is 32.1. The molecule has 0 spiro atoms. The van der Waals surface area contributed by atoms with Gasteiger partial charge in [0.25, 0.3) is 5.91 Å². The Labute approximate surface area is 172 Å². The maximum Gasteiger partial charge on any atom is 0.260 e. The predicted molar refractivity (Wildman–Crippen MR) is 114 cm³/mol. The van der Waals surface area contributed by atoms with E-state index in [1.54, 1.807) is 6.92 Å². The van der Waals surface area contributed by atoms with Gasteiger partial charge in [-0.15, -0.1) is 11.3 Å². The molecule has 6 nitrogen and oxygen atoms in total. The van der Waals surface area contributed by atoms with Crippen molar-refractivity contribution in [3.05, 3.63) is 57.6 Å². The largest absolute Gasteiger partial charge is 0.397 e. The van der Waals surface area contributed by atoms with Crippen LogP contribution in [0, 0.1) is 12.8 Å². The van der Waals surface area contributed by atoms with Crippen LogP contribution >= 0.6 is 11.3 Å². The summed E-state index contributed by atoms with van der Waals surface area (Å²) in [5.74, 6) is -1.66. The monoisotopic (exact) mass is 409 g/mol. The van der Waals surface area contributed by atoms with E-state index in [0.29, 0.717) is 15.9 Å². The average molecular weight is 410 g/mol. The van der Waals surface area contributed by atoms with Gasteiger partial charge in [-0.3, -0.25) is 9.59 Å². The number of carbonyl (C=O) groups excluding carboxylic acids is 2. The first kappa shape index (κ1) is 19.5. The smallest absolute Gasteiger partial charge is 0.260 e. The number of fused-ring (bicyclic) bond motifs is 3. The minimum Gasteiger partial charge on any atom is -0.397 e. The number of pyridine rings is 1. The molecule has 5 N–H and O–H groups in total. The van der Waals surface area contributed by atoms with Gasteiger partial charge in [-0.05, 0) is 37.5 Å². The van der Waals surface area contributed by atoms with E-state index >= 15 is 0 Å². The second-order valence-corrected chi connectivity index (χ2v) is 8.99. The number of anilines is 1. The van der Waals surface area contributed by atoms with Gasteiger partial charge in [-0.1, -0.05) is 30.3 Å². The van der Waals surface area contributed by atoms with Crippen molar-refractivity contribution in [3.8, 4) is 0 Å². The van der Waals surface area contributed by atoms with E-state index in [2.05, 4.69) is 0 Å². The lowest BCUT2D eigenvalue weighted by molar-refractivity contribution is -0.130. The van der Waals surface area contributed by atoms with E-state index in [9.17, 15) is 14.7 Å². The fourth-order valence-corrected chi connectivity index (χ4v) is 5.86. The van der Waals surface area contributed by atoms with Crippen molar-refractivity contribution in [1.82, 2.24) is 4.98 Å². The summed E-state index contributed by atoms with van der Waals surface area (Å²) in [5.41, 5.74) is 14.3. The first-order valence-electron chi connectivity index (χ1n) is 9.42. The summed E-state index contributed by atoms with van der Waals surface area (Å²) in [7, 11) is 0. The Hall–Kier alpha value is -2.77. The van der Waals surface area contributed by atoms with Gasteiger partial charge < -0.3 is 16.6 Å². The zero-order valence-corrected chi connectivity index (χ0v) is 17.3. The van der Waals surface area contributed by atoms with E-state index in [1.165, 1.54) is 6.92 Å². The zero-order chi connectivity index (χ0) is 21.1. The fraction of sp³-hybridized carbons (Fsp3) is 0.318. The highest BCUT2D eigenvalue weighted by molar-refractivity contribution is 7.21. The number of rotatable bonds is 3. The number of hydrogen-bond acceptors (Lipinski definition) is 6. The average Bonchev–Trinajstić information content (AvgIpc) is 2.97. The molecular weight excluding hydrogens is 386 g/mol. The molecule has 0 aliphatic heterocycles. The Morgan fingerprint density at radius 2 is 1.93 bits per heavy atom. The van der Waals surface area contributed by atoms with Crippen LogP contribution in [0.1, 0.15) is 51.8 Å². The molecule has 0 saturated carbocycles. The molecule has 7 heteroatoms. The normalized spacial score (nSPS) is 23.7. The van der Waals surface area contributed by atoms with Gasteiger partial charge in [0, 0.05) is 23.4 Å². The zero-order valence-electron chi connectivity index (χ0n) is 16.5. The van der Waals surface area contributed by atoms with Gasteiger partial charge in [0.05, 0.1) is 17.2 Å². The molecule has 29 heavy (non-hydrogen) atoms. The van der Waals surface area contributed by atoms with Crippen molar-refractivity contribution in [1.29, 1.82) is 0 Å². The van der Waals surface area contributed by atoms with Gasteiger partial charge in [0.15, 0.2) is 0 Å². The number of nitrogens with zero attached hydrogens (tertiary/aromatic N) is 1. The molecule has 3 unspecified atom stereocenters. The summed E-state index contributed by atoms with van der Waals surface area (Å²) in [6.07, 6.45) is 0.245. The number of aryl methyl sites for hydroxylation is 1. The summed E-state index contributed by atoms with van der Waals surface area (Å²) in [5, 5.41) is 12.0. The predicted octanol–water partition coefficient (Wildman–Crippen LogP) is 2.93. The minimum atomic E-state index is -1.28. The third-order valence-electron chi connectivity index (χ3n) is 5.88. The van der Waals surface area contributed by atoms with Crippen LogP contribution in [0.2, 0.25) is 0 Å². The standard InChI is InChI=1S/C22H23N3O3S/c1-10-14-13(16-18(23)19(20(24)27)29-21(16)25-10)9-22(3,28)17(11(2)26)15(14)12-7-5-4-6-8-12/h4-8,15,17,28H,9,23H2,1-3H3,(H2,24,27). The minimum absolute atomic E-state index is 0.0786. The lowest BCUT2D eigenvalue weighted by Crippen LogP contribution is -2.48. The number of aromatic nitrogens is 1. The molecule has 3 atom stereocenters. The summed E-state index contributed by atoms with van der Waals surface area (Å²) >= 11 is 1.16. The molecule has 2 heterocycles. The maximum absolute atomic E-state index is 12.7. The molecule has 1 aliphatic carbocycles. The van der Waals surface area contributed by atoms with Gasteiger partial charge >= 0.3 is 0 Å². The van der Waals surface area contributed by atoms with Crippen molar-refractivity contribution < 1.29 is 14.7 Å². The Kier molecular flexibility index (Phi) is 4.47. The molecular formula is C22H23N3O3S. The number of nitrogens with two attached hydrogens (primary N) is 2. The first-order chi connectivity index (χ1) is 13.6. The number of nitrogen functional groups attached to an aromatic ring is 1. The molecule has 1 amide bonds. The van der Waals surface area contributed by atoms with Crippen LogP contribution in [-0.4, -0.2) is 27.4 Å². The number of aliphatic hydroxyl groups is 1. The van der Waals surface area contributed by atoms with Gasteiger partial charge in [0.1, 0.15) is 15.5 Å². The molecule has 1 aromatic carbocycles. The molecule has 0 radical (unpaired) electrons. The fourth-order valence-electron chi connectivity index (χ4n) is 4.83. The summed E-state index contributed by atoms with van der Waals surface area (Å²) in [6.45, 7) is 5.11. The van der Waals surface area contributed by atoms with E-state index in [4.69, 9.17) is 16.5 Å². The molecule has 0 fully saturated rings. The highest BCUT2D eigenvalue weighted by Crippen LogP contribution is 2.50. The van der Waals surface area contributed by atoms with Crippen molar-refractivity contribution in [2.24, 2.45) is 11.7 Å². The number of hydrogen-bond donors (Lipinski definition) is 3. The van der Waals surface area contributed by atoms with Gasteiger partial charge in [-0.2, -0.15) is 0 Å². The molecule has 0 saturated heterocycles. The molecule has 4 rings (SSSR count). The molecule has 3 aromatic rings. The topological polar surface area (TPSA) is 119 Å². The van der Waals surface area contributed by atoms with Gasteiger partial charge in [0.2, 0.25) is 0 Å². The second kappa shape index (κ2) is 6.64. The van der Waals surface area contributed by atoms with Crippen molar-refractivity contribution >= 4 is 38.9 Å². The molecule has 2 aromatic heterocycles. The maximum atomic E-state index is 12.7. The Morgan fingerprint density at radius 1 is 1.28 bits per heavy atom. The summed E-state index contributed by atoms with van der Waals surface area (Å²) < 4.78 is 0. The third kappa shape index (κ3) is 2.92. The van der Waals surface area contributed by atoms with E-state index < -0.39 is 17.4 Å². The van der Waals surface area contributed by atoms with Gasteiger partial charge in [-0.25, -0.2) is 4.98 Å². The lowest BCUT2D eigenvalue weighted by atomic mass is 9.62. The lowest BCUT2D eigenvalue weighted by Gasteiger charge is -2.43. The number of carbonyl (C=O) groups is 2. The first-order valence-corrected chi connectivity index (χ1v) is 10.2. The number of amides is 1. The third-order valence-corrected chi connectivity index (χ3v) is 7.00. The Morgan fingerprint density at radius 3 is 2.52 bits per heavy atom. The van der Waals surface area contributed by atoms with E-state index in [0.717, 1.165) is 33.7 Å². The SMILES string of the molecule is CC(=O)C1C(c2ccccc2)c2c(C)nc3sc(C(N)=O)c(N)c3c2CC1(C)O. The second-order valence-electron chi connectivity index (χ2n) is 7.99. The van der Waals surface area contributed by atoms with E-state index in [-0.39, 0.29) is 23.0 Å². The van der Waals surface area contributed by atoms with Crippen molar-refractivity contribution in [2.45, 2.75) is 38.7 Å². The number of thiophene rings is 1. The molecule has 1 aliphatic rings. The van der Waals surface area contributed by atoms with Crippen LogP contribution < -0.4 is 11.5 Å². The number of benzene rings is 1. The van der Waals surface area contributed by atoms with E-state index in [1.807, 2.05) is 37.3 Å². The number of primary amides is 1.